The van der Waals surface area contributed by atoms with E-state index < -0.39 is 58.8 Å². The fourth-order valence-corrected chi connectivity index (χ4v) is 5.56. The number of carbonyl (C=O) groups excluding carboxylic acids is 2. The van der Waals surface area contributed by atoms with Crippen LogP contribution in [0.1, 0.15) is 49.7 Å². The van der Waals surface area contributed by atoms with Crippen LogP contribution >= 0.6 is 0 Å². The van der Waals surface area contributed by atoms with E-state index in [0.29, 0.717) is 25.9 Å². The SMILES string of the molecule is COC(=O)[C@H]1CC[C@H](CN2CC3(CCN(Cc4c(F)c(F)c(C(F)(F)F)c(F)c4F)CC3)OC2=O)CC1. The first-order valence-corrected chi connectivity index (χ1v) is 12.1. The fourth-order valence-electron chi connectivity index (χ4n) is 5.56. The second-order valence-corrected chi connectivity index (χ2v) is 10.1. The molecular weight excluding hydrogens is 513 g/mol. The smallest absolute Gasteiger partial charge is 0.422 e. The van der Waals surface area contributed by atoms with E-state index >= 15 is 0 Å². The van der Waals surface area contributed by atoms with Gasteiger partial charge in [-0.3, -0.25) is 9.69 Å². The molecule has 2 heterocycles. The van der Waals surface area contributed by atoms with Gasteiger partial charge in [0.15, 0.2) is 23.3 Å². The van der Waals surface area contributed by atoms with E-state index in [2.05, 4.69) is 0 Å². The summed E-state index contributed by atoms with van der Waals surface area (Å²) in [5.74, 6) is -9.26. The summed E-state index contributed by atoms with van der Waals surface area (Å²) < 4.78 is 105. The summed E-state index contributed by atoms with van der Waals surface area (Å²) in [5, 5.41) is 0. The molecule has 4 rings (SSSR count). The fraction of sp³-hybridized carbons (Fsp3) is 0.667. The molecule has 0 N–H and O–H groups in total. The molecule has 0 unspecified atom stereocenters. The lowest BCUT2D eigenvalue weighted by Crippen LogP contribution is -2.47. The summed E-state index contributed by atoms with van der Waals surface area (Å²) in [5.41, 5.74) is -4.54. The average Bonchev–Trinajstić information content (AvgIpc) is 3.15. The van der Waals surface area contributed by atoms with E-state index in [-0.39, 0.29) is 43.7 Å². The molecule has 1 aromatic rings. The van der Waals surface area contributed by atoms with E-state index in [1.165, 1.54) is 12.0 Å². The lowest BCUT2D eigenvalue weighted by Gasteiger charge is -2.37. The Hall–Kier alpha value is -2.57. The van der Waals surface area contributed by atoms with Crippen molar-refractivity contribution in [2.24, 2.45) is 11.8 Å². The highest BCUT2D eigenvalue weighted by atomic mass is 19.4. The average molecular weight is 540 g/mol. The number of ether oxygens (including phenoxy) is 2. The number of halogens is 7. The molecular formula is C24H27F7N2O4. The van der Waals surface area contributed by atoms with Gasteiger partial charge in [-0.15, -0.1) is 0 Å². The number of methoxy groups -OCH3 is 1. The molecule has 206 valence electrons. The Morgan fingerprint density at radius 3 is 2.08 bits per heavy atom. The zero-order chi connectivity index (χ0) is 27.1. The molecule has 13 heteroatoms. The lowest BCUT2D eigenvalue weighted by atomic mass is 9.81. The number of likely N-dealkylation sites (tertiary alicyclic amines) is 1. The second-order valence-electron chi connectivity index (χ2n) is 10.1. The van der Waals surface area contributed by atoms with Crippen molar-refractivity contribution in [1.29, 1.82) is 0 Å². The molecule has 6 nitrogen and oxygen atoms in total. The van der Waals surface area contributed by atoms with Crippen molar-refractivity contribution in [3.63, 3.8) is 0 Å². The van der Waals surface area contributed by atoms with Crippen LogP contribution in [0.4, 0.5) is 35.5 Å². The van der Waals surface area contributed by atoms with Gasteiger partial charge in [0.25, 0.3) is 0 Å². The monoisotopic (exact) mass is 540 g/mol. The standard InChI is InChI=1S/C24H27F7N2O4/c1-36-21(34)14-4-2-13(3-5-14)10-33-12-23(37-22(33)35)6-8-32(9-7-23)11-15-17(25)19(27)16(24(29,30)31)20(28)18(15)26/h13-14H,2-12H2,1H3/t13-,14-. The van der Waals surface area contributed by atoms with Gasteiger partial charge in [0.1, 0.15) is 11.2 Å². The normalized spacial score (nSPS) is 24.4. The summed E-state index contributed by atoms with van der Waals surface area (Å²) in [6.45, 7) is 0.436. The number of amides is 1. The number of hydrogen-bond acceptors (Lipinski definition) is 5. The number of alkyl halides is 3. The van der Waals surface area contributed by atoms with Crippen LogP contribution in [0.25, 0.3) is 0 Å². The molecule has 1 saturated carbocycles. The van der Waals surface area contributed by atoms with Crippen LogP contribution < -0.4 is 0 Å². The Morgan fingerprint density at radius 2 is 1.57 bits per heavy atom. The summed E-state index contributed by atoms with van der Waals surface area (Å²) in [7, 11) is 1.35. The first kappa shape index (κ1) is 27.5. The van der Waals surface area contributed by atoms with Crippen molar-refractivity contribution in [2.45, 2.75) is 56.8 Å². The number of esters is 1. The molecule has 1 aliphatic carbocycles. The minimum Gasteiger partial charge on any atom is -0.469 e. The van der Waals surface area contributed by atoms with Gasteiger partial charge < -0.3 is 14.4 Å². The first-order valence-electron chi connectivity index (χ1n) is 12.1. The Kier molecular flexibility index (Phi) is 7.64. The maximum absolute atomic E-state index is 14.3. The molecule has 0 aromatic heterocycles. The van der Waals surface area contributed by atoms with Gasteiger partial charge in [-0.1, -0.05) is 0 Å². The van der Waals surface area contributed by atoms with Gasteiger partial charge in [-0.2, -0.15) is 13.2 Å². The molecule has 0 radical (unpaired) electrons. The Bertz CT molecular complexity index is 1020. The van der Waals surface area contributed by atoms with Gasteiger partial charge >= 0.3 is 18.2 Å². The molecule has 3 aliphatic rings. The third kappa shape index (κ3) is 5.51. The van der Waals surface area contributed by atoms with Crippen molar-refractivity contribution in [1.82, 2.24) is 9.80 Å². The van der Waals surface area contributed by atoms with E-state index in [1.807, 2.05) is 0 Å². The largest absolute Gasteiger partial charge is 0.469 e. The first-order chi connectivity index (χ1) is 17.3. The Labute approximate surface area is 208 Å². The third-order valence-electron chi connectivity index (χ3n) is 7.69. The molecule has 0 atom stereocenters. The predicted octanol–water partition coefficient (Wildman–Crippen LogP) is 5.03. The minimum atomic E-state index is -5.59. The topological polar surface area (TPSA) is 59.1 Å². The second kappa shape index (κ2) is 10.3. The van der Waals surface area contributed by atoms with Crippen molar-refractivity contribution in [3.05, 3.63) is 34.4 Å². The molecule has 1 spiro atoms. The van der Waals surface area contributed by atoms with Crippen LogP contribution in [0.5, 0.6) is 0 Å². The number of rotatable bonds is 5. The number of hydrogen-bond donors (Lipinski definition) is 0. The van der Waals surface area contributed by atoms with E-state index in [1.54, 1.807) is 4.90 Å². The quantitative estimate of drug-likeness (QED) is 0.298. The van der Waals surface area contributed by atoms with Crippen molar-refractivity contribution < 1.29 is 49.8 Å². The maximum atomic E-state index is 14.3. The van der Waals surface area contributed by atoms with Crippen LogP contribution in [-0.4, -0.2) is 60.8 Å². The summed E-state index contributed by atoms with van der Waals surface area (Å²) >= 11 is 0. The van der Waals surface area contributed by atoms with Gasteiger partial charge in [-0.25, -0.2) is 22.4 Å². The molecule has 2 aliphatic heterocycles. The highest BCUT2D eigenvalue weighted by Crippen LogP contribution is 2.39. The van der Waals surface area contributed by atoms with Crippen LogP contribution in [0.15, 0.2) is 0 Å². The lowest BCUT2D eigenvalue weighted by molar-refractivity contribution is -0.147. The van der Waals surface area contributed by atoms with Crippen molar-refractivity contribution in [2.75, 3.05) is 33.3 Å². The predicted molar refractivity (Wildman–Crippen MR) is 114 cm³/mol. The number of nitrogens with zero attached hydrogens (tertiary/aromatic N) is 2. The third-order valence-corrected chi connectivity index (χ3v) is 7.69. The van der Waals surface area contributed by atoms with Gasteiger partial charge in [0, 0.05) is 44.6 Å². The van der Waals surface area contributed by atoms with Gasteiger partial charge in [0.05, 0.1) is 19.6 Å². The highest BCUT2D eigenvalue weighted by molar-refractivity contribution is 5.72. The highest BCUT2D eigenvalue weighted by Gasteiger charge is 2.48. The number of benzene rings is 1. The van der Waals surface area contributed by atoms with Crippen LogP contribution in [-0.2, 0) is 27.0 Å². The molecule has 2 saturated heterocycles. The Balaban J connectivity index is 1.34. The van der Waals surface area contributed by atoms with Crippen LogP contribution in [0, 0.1) is 35.1 Å². The minimum absolute atomic E-state index is 0.135. The van der Waals surface area contributed by atoms with E-state index in [9.17, 15) is 40.3 Å². The molecule has 3 fully saturated rings. The molecule has 1 amide bonds. The molecule has 1 aromatic carbocycles. The maximum Gasteiger partial charge on any atom is 0.422 e. The summed E-state index contributed by atoms with van der Waals surface area (Å²) in [6.07, 6.45) is -2.63. The van der Waals surface area contributed by atoms with Crippen molar-refractivity contribution in [3.8, 4) is 0 Å². The van der Waals surface area contributed by atoms with Crippen LogP contribution in [0.3, 0.4) is 0 Å². The zero-order valence-electron chi connectivity index (χ0n) is 20.1. The zero-order valence-corrected chi connectivity index (χ0v) is 20.1. The van der Waals surface area contributed by atoms with Gasteiger partial charge in [0.2, 0.25) is 0 Å². The van der Waals surface area contributed by atoms with Crippen LogP contribution in [0.2, 0.25) is 0 Å². The van der Waals surface area contributed by atoms with Gasteiger partial charge in [-0.05, 0) is 31.6 Å². The van der Waals surface area contributed by atoms with E-state index in [4.69, 9.17) is 9.47 Å². The number of piperidine rings is 1. The Morgan fingerprint density at radius 1 is 1.00 bits per heavy atom. The number of carbonyl (C=O) groups is 2. The van der Waals surface area contributed by atoms with Crippen molar-refractivity contribution >= 4 is 12.1 Å². The summed E-state index contributed by atoms with van der Waals surface area (Å²) in [6, 6.07) is 0. The summed E-state index contributed by atoms with van der Waals surface area (Å²) in [4.78, 5) is 27.3. The molecule has 0 bridgehead atoms. The molecule has 37 heavy (non-hydrogen) atoms. The van der Waals surface area contributed by atoms with E-state index in [0.717, 1.165) is 12.8 Å².